The molecule has 2 aromatic heterocycles. The van der Waals surface area contributed by atoms with E-state index in [9.17, 15) is 9.18 Å². The summed E-state index contributed by atoms with van der Waals surface area (Å²) in [4.78, 5) is 13.0. The third-order valence-corrected chi connectivity index (χ3v) is 4.71. The van der Waals surface area contributed by atoms with Crippen molar-refractivity contribution in [1.29, 1.82) is 0 Å². The first-order valence-corrected chi connectivity index (χ1v) is 8.50. The van der Waals surface area contributed by atoms with Crippen LogP contribution in [0, 0.1) is 5.82 Å². The van der Waals surface area contributed by atoms with Gasteiger partial charge in [0.25, 0.3) is 0 Å². The highest BCUT2D eigenvalue weighted by Gasteiger charge is 2.20. The zero-order valence-corrected chi connectivity index (χ0v) is 13.9. The molecule has 1 aromatic carbocycles. The van der Waals surface area contributed by atoms with Crippen LogP contribution in [0.5, 0.6) is 5.75 Å². The van der Waals surface area contributed by atoms with Crippen LogP contribution < -0.4 is 4.74 Å². The monoisotopic (exact) mass is 359 g/mol. The van der Waals surface area contributed by atoms with Gasteiger partial charge in [-0.2, -0.15) is 0 Å². The van der Waals surface area contributed by atoms with Crippen LogP contribution in [0.4, 0.5) is 4.39 Å². The predicted octanol–water partition coefficient (Wildman–Crippen LogP) is 3.90. The van der Waals surface area contributed by atoms with E-state index >= 15 is 0 Å². The van der Waals surface area contributed by atoms with Gasteiger partial charge in [-0.15, -0.1) is 11.3 Å². The van der Waals surface area contributed by atoms with E-state index in [1.807, 2.05) is 40.5 Å². The maximum atomic E-state index is 13.7. The number of benzene rings is 1. The molecule has 1 aliphatic heterocycles. The van der Waals surface area contributed by atoms with Gasteiger partial charge in [-0.05, 0) is 35.7 Å². The molecule has 5 nitrogen and oxygen atoms in total. The van der Waals surface area contributed by atoms with Crippen molar-refractivity contribution in [2.75, 3.05) is 6.79 Å². The molecule has 128 valence electrons. The molecular formula is C18H14FNO4S. The number of hydrogen-bond donors (Lipinski definition) is 0. The summed E-state index contributed by atoms with van der Waals surface area (Å²) in [7, 11) is 0. The zero-order valence-electron chi connectivity index (χ0n) is 13.1. The topological polar surface area (TPSA) is 49.7 Å². The number of aromatic nitrogens is 1. The average molecular weight is 359 g/mol. The van der Waals surface area contributed by atoms with Crippen molar-refractivity contribution in [3.05, 3.63) is 69.9 Å². The number of carbonyl (C=O) groups is 1. The van der Waals surface area contributed by atoms with Crippen molar-refractivity contribution in [1.82, 2.24) is 4.57 Å². The lowest BCUT2D eigenvalue weighted by atomic mass is 10.1. The Balaban J connectivity index is 1.54. The van der Waals surface area contributed by atoms with Crippen molar-refractivity contribution in [2.24, 2.45) is 0 Å². The average Bonchev–Trinajstić information content (AvgIpc) is 3.29. The van der Waals surface area contributed by atoms with E-state index in [1.54, 1.807) is 0 Å². The Bertz CT molecular complexity index is 904. The molecule has 0 spiro atoms. The minimum Gasteiger partial charge on any atom is -0.467 e. The minimum atomic E-state index is -0.455. The highest BCUT2D eigenvalue weighted by Crippen LogP contribution is 2.30. The highest BCUT2D eigenvalue weighted by molar-refractivity contribution is 7.12. The first-order valence-electron chi connectivity index (χ1n) is 7.62. The van der Waals surface area contributed by atoms with E-state index in [0.717, 1.165) is 5.69 Å². The summed E-state index contributed by atoms with van der Waals surface area (Å²) in [6.07, 6.45) is 3.71. The van der Waals surface area contributed by atoms with Gasteiger partial charge in [0.05, 0.1) is 12.3 Å². The van der Waals surface area contributed by atoms with Gasteiger partial charge in [0.2, 0.25) is 0 Å². The Morgan fingerprint density at radius 3 is 3.00 bits per heavy atom. The number of halogens is 1. The van der Waals surface area contributed by atoms with E-state index in [4.69, 9.17) is 14.2 Å². The molecule has 0 atom stereocenters. The van der Waals surface area contributed by atoms with Gasteiger partial charge in [0, 0.05) is 23.5 Å². The third kappa shape index (κ3) is 3.16. The Morgan fingerprint density at radius 1 is 1.32 bits per heavy atom. The Hall–Kier alpha value is -2.64. The van der Waals surface area contributed by atoms with Crippen molar-refractivity contribution in [3.8, 4) is 11.4 Å². The molecule has 7 heteroatoms. The van der Waals surface area contributed by atoms with E-state index in [1.165, 1.54) is 23.5 Å². The van der Waals surface area contributed by atoms with Crippen LogP contribution in [0.15, 0.2) is 48.1 Å². The number of fused-ring (bicyclic) bond motifs is 1. The maximum absolute atomic E-state index is 13.7. The molecule has 0 unspecified atom stereocenters. The molecule has 3 aromatic rings. The molecular weight excluding hydrogens is 345 g/mol. The maximum Gasteiger partial charge on any atom is 0.350 e. The lowest BCUT2D eigenvalue weighted by Crippen LogP contribution is -2.15. The smallest absolute Gasteiger partial charge is 0.350 e. The number of rotatable bonds is 4. The predicted molar refractivity (Wildman–Crippen MR) is 89.4 cm³/mol. The summed E-state index contributed by atoms with van der Waals surface area (Å²) in [5.74, 6) is -0.343. The Kier molecular flexibility index (Phi) is 4.25. The van der Waals surface area contributed by atoms with E-state index in [2.05, 4.69) is 0 Å². The van der Waals surface area contributed by atoms with Crippen LogP contribution in [0.2, 0.25) is 0 Å². The minimum absolute atomic E-state index is 0.0675. The van der Waals surface area contributed by atoms with E-state index < -0.39 is 11.8 Å². The molecule has 0 radical (unpaired) electrons. The van der Waals surface area contributed by atoms with Crippen LogP contribution in [-0.4, -0.2) is 17.3 Å². The summed E-state index contributed by atoms with van der Waals surface area (Å²) in [6.45, 7) is 0.307. The quantitative estimate of drug-likeness (QED) is 0.663. The molecule has 4 rings (SSSR count). The second kappa shape index (κ2) is 6.70. The largest absolute Gasteiger partial charge is 0.467 e. The van der Waals surface area contributed by atoms with Crippen molar-refractivity contribution in [2.45, 2.75) is 13.2 Å². The number of hydrogen-bond acceptors (Lipinski definition) is 5. The number of carbonyl (C=O) groups excluding carboxylic acids is 1. The fraction of sp³-hybridized carbons (Fsp3) is 0.167. The molecule has 0 amide bonds. The summed E-state index contributed by atoms with van der Waals surface area (Å²) in [5, 5.41) is 1.83. The van der Waals surface area contributed by atoms with Crippen LogP contribution in [0.3, 0.4) is 0 Å². The zero-order chi connectivity index (χ0) is 17.2. The third-order valence-electron chi connectivity index (χ3n) is 3.82. The normalized spacial score (nSPS) is 13.2. The van der Waals surface area contributed by atoms with E-state index in [-0.39, 0.29) is 20.0 Å². The van der Waals surface area contributed by atoms with Gasteiger partial charge in [0.15, 0.2) is 6.79 Å². The van der Waals surface area contributed by atoms with Crippen LogP contribution >= 0.6 is 11.3 Å². The Labute approximate surface area is 147 Å². The lowest BCUT2D eigenvalue weighted by molar-refractivity contribution is -0.0182. The van der Waals surface area contributed by atoms with Gasteiger partial charge in [-0.3, -0.25) is 0 Å². The SMILES string of the molecule is O=C(OCc1cc(F)cc2c1OCOC2)c1sccc1-n1cccc1. The molecule has 0 N–H and O–H groups in total. The molecule has 25 heavy (non-hydrogen) atoms. The Morgan fingerprint density at radius 2 is 2.16 bits per heavy atom. The molecule has 0 aliphatic carbocycles. The molecule has 0 bridgehead atoms. The second-order valence-electron chi connectivity index (χ2n) is 5.47. The summed E-state index contributed by atoms with van der Waals surface area (Å²) < 4.78 is 31.6. The van der Waals surface area contributed by atoms with E-state index in [0.29, 0.717) is 21.8 Å². The summed E-state index contributed by atoms with van der Waals surface area (Å²) in [6, 6.07) is 8.30. The fourth-order valence-corrected chi connectivity index (χ4v) is 3.51. The number of esters is 1. The van der Waals surface area contributed by atoms with Gasteiger partial charge < -0.3 is 18.8 Å². The first kappa shape index (κ1) is 15.9. The van der Waals surface area contributed by atoms with Gasteiger partial charge >= 0.3 is 5.97 Å². The fourth-order valence-electron chi connectivity index (χ4n) is 2.73. The van der Waals surface area contributed by atoms with Crippen LogP contribution in [0.1, 0.15) is 20.8 Å². The van der Waals surface area contributed by atoms with Gasteiger partial charge in [-0.25, -0.2) is 9.18 Å². The highest BCUT2D eigenvalue weighted by atomic mass is 32.1. The van der Waals surface area contributed by atoms with Crippen LogP contribution in [0.25, 0.3) is 5.69 Å². The second-order valence-corrected chi connectivity index (χ2v) is 6.38. The molecule has 0 saturated heterocycles. The van der Waals surface area contributed by atoms with Crippen molar-refractivity contribution >= 4 is 17.3 Å². The number of thiophene rings is 1. The molecule has 3 heterocycles. The van der Waals surface area contributed by atoms with Crippen LogP contribution in [-0.2, 0) is 22.7 Å². The summed E-state index contributed by atoms with van der Waals surface area (Å²) in [5.41, 5.74) is 1.86. The molecule has 0 fully saturated rings. The lowest BCUT2D eigenvalue weighted by Gasteiger charge is -2.20. The number of ether oxygens (including phenoxy) is 3. The number of nitrogens with zero attached hydrogens (tertiary/aromatic N) is 1. The summed E-state index contributed by atoms with van der Waals surface area (Å²) >= 11 is 1.30. The molecule has 0 saturated carbocycles. The van der Waals surface area contributed by atoms with Gasteiger partial charge in [-0.1, -0.05) is 0 Å². The standard InChI is InChI=1S/C18H14FNO4S/c19-14-7-12-9-22-11-24-16(12)13(8-14)10-23-18(21)17-15(3-6-25-17)20-4-1-2-5-20/h1-8H,9-11H2. The first-order chi connectivity index (χ1) is 12.2. The molecule has 1 aliphatic rings. The van der Waals surface area contributed by atoms with Gasteiger partial charge in [0.1, 0.15) is 23.1 Å². The van der Waals surface area contributed by atoms with Crippen molar-refractivity contribution in [3.63, 3.8) is 0 Å². The van der Waals surface area contributed by atoms with Crippen molar-refractivity contribution < 1.29 is 23.4 Å².